The number of aromatic nitrogens is 1. The zero-order chi connectivity index (χ0) is 14.8. The van der Waals surface area contributed by atoms with Gasteiger partial charge in [-0.05, 0) is 37.0 Å². The van der Waals surface area contributed by atoms with E-state index >= 15 is 0 Å². The van der Waals surface area contributed by atoms with Gasteiger partial charge < -0.3 is 14.6 Å². The van der Waals surface area contributed by atoms with Crippen molar-refractivity contribution in [1.29, 1.82) is 0 Å². The van der Waals surface area contributed by atoms with E-state index in [-0.39, 0.29) is 12.5 Å². The monoisotopic (exact) mass is 304 g/mol. The van der Waals surface area contributed by atoms with Gasteiger partial charge >= 0.3 is 5.97 Å². The molecule has 0 atom stereocenters. The molecule has 0 aliphatic heterocycles. The Morgan fingerprint density at radius 2 is 2.10 bits per heavy atom. The summed E-state index contributed by atoms with van der Waals surface area (Å²) < 4.78 is 6.51. The minimum absolute atomic E-state index is 0.106. The van der Waals surface area contributed by atoms with Gasteiger partial charge in [-0.15, -0.1) is 11.3 Å². The van der Waals surface area contributed by atoms with Crippen LogP contribution in [0.1, 0.15) is 27.2 Å². The lowest BCUT2D eigenvalue weighted by atomic mass is 10.1. The molecule has 1 aliphatic carbocycles. The molecule has 0 fully saturated rings. The Labute approximate surface area is 126 Å². The third kappa shape index (κ3) is 2.58. The molecule has 0 saturated heterocycles. The SMILES string of the molecule is COC(=O)CNC(=O)c1c(-n2cccc2)sc2c1CCC2. The number of carbonyl (C=O) groups is 2. The van der Waals surface area contributed by atoms with Crippen LogP contribution >= 0.6 is 11.3 Å². The quantitative estimate of drug-likeness (QED) is 0.878. The molecule has 3 rings (SSSR count). The number of aryl methyl sites for hydroxylation is 1. The van der Waals surface area contributed by atoms with Crippen molar-refractivity contribution >= 4 is 23.2 Å². The fraction of sp³-hybridized carbons (Fsp3) is 0.333. The first-order valence-electron chi connectivity index (χ1n) is 6.83. The number of fused-ring (bicyclic) bond motifs is 1. The van der Waals surface area contributed by atoms with E-state index in [2.05, 4.69) is 10.1 Å². The Morgan fingerprint density at radius 1 is 1.33 bits per heavy atom. The first-order valence-corrected chi connectivity index (χ1v) is 7.65. The summed E-state index contributed by atoms with van der Waals surface area (Å²) in [5.41, 5.74) is 1.83. The molecule has 0 radical (unpaired) electrons. The van der Waals surface area contributed by atoms with Crippen molar-refractivity contribution in [2.24, 2.45) is 0 Å². The molecular formula is C15H16N2O3S. The number of hydrogen-bond acceptors (Lipinski definition) is 4. The third-order valence-corrected chi connectivity index (χ3v) is 4.89. The summed E-state index contributed by atoms with van der Waals surface area (Å²) in [4.78, 5) is 24.9. The van der Waals surface area contributed by atoms with Gasteiger partial charge in [0.05, 0.1) is 12.7 Å². The molecule has 21 heavy (non-hydrogen) atoms. The molecule has 0 aromatic carbocycles. The predicted octanol–water partition coefficient (Wildman–Crippen LogP) is 1.93. The second kappa shape index (κ2) is 5.73. The van der Waals surface area contributed by atoms with Crippen LogP contribution in [0.2, 0.25) is 0 Å². The number of hydrogen-bond donors (Lipinski definition) is 1. The average Bonchev–Trinajstić information content (AvgIpc) is 3.18. The molecule has 1 aliphatic rings. The molecule has 6 heteroatoms. The number of thiophene rings is 1. The minimum Gasteiger partial charge on any atom is -0.468 e. The predicted molar refractivity (Wildman–Crippen MR) is 80.0 cm³/mol. The zero-order valence-corrected chi connectivity index (χ0v) is 12.5. The lowest BCUT2D eigenvalue weighted by Crippen LogP contribution is -2.31. The Kier molecular flexibility index (Phi) is 3.79. The average molecular weight is 304 g/mol. The zero-order valence-electron chi connectivity index (χ0n) is 11.7. The minimum atomic E-state index is -0.447. The Balaban J connectivity index is 1.93. The summed E-state index contributed by atoms with van der Waals surface area (Å²) >= 11 is 1.66. The van der Waals surface area contributed by atoms with Crippen LogP contribution < -0.4 is 5.32 Å². The lowest BCUT2D eigenvalue weighted by Gasteiger charge is -2.08. The largest absolute Gasteiger partial charge is 0.468 e. The summed E-state index contributed by atoms with van der Waals surface area (Å²) in [6, 6.07) is 3.86. The molecule has 0 unspecified atom stereocenters. The van der Waals surface area contributed by atoms with E-state index in [9.17, 15) is 9.59 Å². The van der Waals surface area contributed by atoms with Crippen molar-refractivity contribution in [3.63, 3.8) is 0 Å². The van der Waals surface area contributed by atoms with Gasteiger partial charge in [0, 0.05) is 17.3 Å². The Bertz CT molecular complexity index is 673. The number of ether oxygens (including phenoxy) is 1. The maximum absolute atomic E-state index is 12.5. The molecular weight excluding hydrogens is 288 g/mol. The molecule has 0 saturated carbocycles. The van der Waals surface area contributed by atoms with Crippen molar-refractivity contribution < 1.29 is 14.3 Å². The highest BCUT2D eigenvalue weighted by atomic mass is 32.1. The number of methoxy groups -OCH3 is 1. The highest BCUT2D eigenvalue weighted by Gasteiger charge is 2.27. The van der Waals surface area contributed by atoms with Gasteiger partial charge in [-0.2, -0.15) is 0 Å². The molecule has 2 heterocycles. The number of nitrogens with zero attached hydrogens (tertiary/aromatic N) is 1. The second-order valence-electron chi connectivity index (χ2n) is 4.89. The fourth-order valence-corrected chi connectivity index (χ4v) is 3.94. The fourth-order valence-electron chi connectivity index (χ4n) is 2.59. The summed E-state index contributed by atoms with van der Waals surface area (Å²) in [5.74, 6) is -0.652. The lowest BCUT2D eigenvalue weighted by molar-refractivity contribution is -0.139. The van der Waals surface area contributed by atoms with Crippen LogP contribution in [-0.2, 0) is 22.4 Å². The van der Waals surface area contributed by atoms with E-state index in [1.807, 2.05) is 29.1 Å². The maximum Gasteiger partial charge on any atom is 0.325 e. The van der Waals surface area contributed by atoms with Crippen molar-refractivity contribution in [2.45, 2.75) is 19.3 Å². The number of nitrogens with one attached hydrogen (secondary N) is 1. The van der Waals surface area contributed by atoms with E-state index in [1.165, 1.54) is 12.0 Å². The number of esters is 1. The van der Waals surface area contributed by atoms with Crippen molar-refractivity contribution in [3.05, 3.63) is 40.5 Å². The van der Waals surface area contributed by atoms with Gasteiger partial charge in [-0.1, -0.05) is 0 Å². The standard InChI is InChI=1S/C15H16N2O3S/c1-20-12(18)9-16-14(19)13-10-5-4-6-11(10)21-15(13)17-7-2-3-8-17/h2-3,7-8H,4-6,9H2,1H3,(H,16,19). The third-order valence-electron chi connectivity index (χ3n) is 3.59. The maximum atomic E-state index is 12.5. The first-order chi connectivity index (χ1) is 10.2. The second-order valence-corrected chi connectivity index (χ2v) is 5.97. The molecule has 1 N–H and O–H groups in total. The summed E-state index contributed by atoms with van der Waals surface area (Å²) in [6.07, 6.45) is 6.90. The van der Waals surface area contributed by atoms with Gasteiger partial charge in [-0.3, -0.25) is 9.59 Å². The van der Waals surface area contributed by atoms with Gasteiger partial charge in [0.1, 0.15) is 11.5 Å². The van der Waals surface area contributed by atoms with E-state index in [4.69, 9.17) is 0 Å². The Morgan fingerprint density at radius 3 is 2.81 bits per heavy atom. The number of amides is 1. The van der Waals surface area contributed by atoms with Crippen molar-refractivity contribution in [2.75, 3.05) is 13.7 Å². The summed E-state index contributed by atoms with van der Waals surface area (Å²) in [5, 5.41) is 3.57. The molecule has 110 valence electrons. The smallest absolute Gasteiger partial charge is 0.325 e. The summed E-state index contributed by atoms with van der Waals surface area (Å²) in [7, 11) is 1.31. The van der Waals surface area contributed by atoms with E-state index in [1.54, 1.807) is 11.3 Å². The molecule has 2 aromatic heterocycles. The van der Waals surface area contributed by atoms with Crippen LogP contribution in [-0.4, -0.2) is 30.1 Å². The molecule has 5 nitrogen and oxygen atoms in total. The van der Waals surface area contributed by atoms with Crippen LogP contribution in [0.5, 0.6) is 0 Å². The molecule has 0 spiro atoms. The van der Waals surface area contributed by atoms with E-state index in [0.717, 1.165) is 29.8 Å². The van der Waals surface area contributed by atoms with Crippen LogP contribution in [0.15, 0.2) is 24.5 Å². The first kappa shape index (κ1) is 13.9. The highest BCUT2D eigenvalue weighted by molar-refractivity contribution is 7.15. The van der Waals surface area contributed by atoms with Gasteiger partial charge in [0.25, 0.3) is 5.91 Å². The van der Waals surface area contributed by atoms with Gasteiger partial charge in [0.2, 0.25) is 0 Å². The molecule has 0 bridgehead atoms. The van der Waals surface area contributed by atoms with E-state index in [0.29, 0.717) is 5.56 Å². The Hall–Kier alpha value is -2.08. The van der Waals surface area contributed by atoms with Gasteiger partial charge in [-0.25, -0.2) is 0 Å². The topological polar surface area (TPSA) is 60.3 Å². The van der Waals surface area contributed by atoms with Crippen LogP contribution in [0.4, 0.5) is 0 Å². The van der Waals surface area contributed by atoms with Crippen LogP contribution in [0.3, 0.4) is 0 Å². The van der Waals surface area contributed by atoms with Crippen molar-refractivity contribution in [3.8, 4) is 5.00 Å². The highest BCUT2D eigenvalue weighted by Crippen LogP contribution is 2.37. The molecule has 2 aromatic rings. The number of carbonyl (C=O) groups excluding carboxylic acids is 2. The normalized spacial score (nSPS) is 13.0. The number of rotatable bonds is 4. The molecule has 1 amide bonds. The van der Waals surface area contributed by atoms with E-state index < -0.39 is 5.97 Å². The van der Waals surface area contributed by atoms with Crippen LogP contribution in [0.25, 0.3) is 5.00 Å². The van der Waals surface area contributed by atoms with Gasteiger partial charge in [0.15, 0.2) is 0 Å². The van der Waals surface area contributed by atoms with Crippen molar-refractivity contribution in [1.82, 2.24) is 9.88 Å². The van der Waals surface area contributed by atoms with Crippen LogP contribution in [0, 0.1) is 0 Å². The summed E-state index contributed by atoms with van der Waals surface area (Å²) in [6.45, 7) is -0.106.